The van der Waals surface area contributed by atoms with Crippen LogP contribution >= 0.6 is 0 Å². The van der Waals surface area contributed by atoms with Crippen LogP contribution in [0.25, 0.3) is 0 Å². The molecule has 4 nitrogen and oxygen atoms in total. The highest BCUT2D eigenvalue weighted by molar-refractivity contribution is 5.82. The Morgan fingerprint density at radius 3 is 2.33 bits per heavy atom. The second kappa shape index (κ2) is 7.10. The number of rotatable bonds is 5. The molecule has 1 aliphatic carbocycles. The van der Waals surface area contributed by atoms with Crippen LogP contribution in [0.2, 0.25) is 0 Å². The van der Waals surface area contributed by atoms with E-state index >= 15 is 0 Å². The Morgan fingerprint density at radius 2 is 1.89 bits per heavy atom. The number of nitrogens with two attached hydrogens (primary N) is 1. The Morgan fingerprint density at radius 1 is 1.33 bits per heavy atom. The highest BCUT2D eigenvalue weighted by Crippen LogP contribution is 2.35. The molecule has 4 heteroatoms. The van der Waals surface area contributed by atoms with Gasteiger partial charge >= 0.3 is 0 Å². The van der Waals surface area contributed by atoms with Gasteiger partial charge in [0, 0.05) is 20.1 Å². The summed E-state index contributed by atoms with van der Waals surface area (Å²) in [4.78, 5) is 14.3. The van der Waals surface area contributed by atoms with Gasteiger partial charge in [-0.15, -0.1) is 0 Å². The van der Waals surface area contributed by atoms with Gasteiger partial charge in [-0.2, -0.15) is 0 Å². The molecule has 0 aliphatic heterocycles. The van der Waals surface area contributed by atoms with Crippen molar-refractivity contribution >= 4 is 5.91 Å². The summed E-state index contributed by atoms with van der Waals surface area (Å²) in [7, 11) is 1.83. The molecule has 1 unspecified atom stereocenters. The highest BCUT2D eigenvalue weighted by atomic mass is 16.3. The zero-order chi connectivity index (χ0) is 13.6. The van der Waals surface area contributed by atoms with Crippen LogP contribution in [0, 0.1) is 5.41 Å². The maximum absolute atomic E-state index is 12.6. The topological polar surface area (TPSA) is 66.6 Å². The van der Waals surface area contributed by atoms with Gasteiger partial charge in [-0.25, -0.2) is 0 Å². The van der Waals surface area contributed by atoms with Gasteiger partial charge < -0.3 is 15.7 Å². The van der Waals surface area contributed by atoms with Crippen LogP contribution in [0.3, 0.4) is 0 Å². The molecule has 0 saturated heterocycles. The fourth-order valence-corrected chi connectivity index (χ4v) is 2.80. The first-order valence-corrected chi connectivity index (χ1v) is 7.15. The summed E-state index contributed by atoms with van der Waals surface area (Å²) in [5.41, 5.74) is 5.56. The van der Waals surface area contributed by atoms with Gasteiger partial charge in [0.05, 0.1) is 11.5 Å². The van der Waals surface area contributed by atoms with E-state index in [4.69, 9.17) is 5.73 Å². The molecule has 1 amide bonds. The number of carbonyl (C=O) groups is 1. The van der Waals surface area contributed by atoms with Crippen molar-refractivity contribution in [1.82, 2.24) is 4.90 Å². The molecule has 1 aliphatic rings. The molecule has 1 fully saturated rings. The number of nitrogens with zero attached hydrogens (tertiary/aromatic N) is 1. The summed E-state index contributed by atoms with van der Waals surface area (Å²) in [6, 6.07) is 0. The van der Waals surface area contributed by atoms with Crippen molar-refractivity contribution in [2.45, 2.75) is 58.0 Å². The highest BCUT2D eigenvalue weighted by Gasteiger charge is 2.38. The maximum atomic E-state index is 12.6. The SMILES string of the molecule is CC(O)CCN(C)C(=O)C1(CN)CCCCCC1. The van der Waals surface area contributed by atoms with Crippen molar-refractivity contribution in [2.24, 2.45) is 11.1 Å². The first kappa shape index (κ1) is 15.4. The van der Waals surface area contributed by atoms with Gasteiger partial charge in [0.1, 0.15) is 0 Å². The molecule has 1 atom stereocenters. The Balaban J connectivity index is 2.64. The van der Waals surface area contributed by atoms with E-state index in [2.05, 4.69) is 0 Å². The first-order valence-electron chi connectivity index (χ1n) is 7.15. The first-order chi connectivity index (χ1) is 8.52. The van der Waals surface area contributed by atoms with Gasteiger partial charge in [-0.3, -0.25) is 4.79 Å². The monoisotopic (exact) mass is 256 g/mol. The standard InChI is InChI=1S/C14H28N2O2/c1-12(17)7-10-16(2)13(18)14(11-15)8-5-3-4-6-9-14/h12,17H,3-11,15H2,1-2H3. The number of hydrogen-bond acceptors (Lipinski definition) is 3. The molecule has 106 valence electrons. The molecule has 0 aromatic rings. The van der Waals surface area contributed by atoms with Gasteiger partial charge in [-0.05, 0) is 26.2 Å². The lowest BCUT2D eigenvalue weighted by molar-refractivity contribution is -0.141. The molecule has 1 rings (SSSR count). The third kappa shape index (κ3) is 3.95. The fourth-order valence-electron chi connectivity index (χ4n) is 2.80. The minimum Gasteiger partial charge on any atom is -0.393 e. The van der Waals surface area contributed by atoms with Crippen molar-refractivity contribution < 1.29 is 9.90 Å². The van der Waals surface area contributed by atoms with E-state index in [1.807, 2.05) is 7.05 Å². The van der Waals surface area contributed by atoms with Crippen molar-refractivity contribution in [3.05, 3.63) is 0 Å². The number of aliphatic hydroxyl groups is 1. The maximum Gasteiger partial charge on any atom is 0.229 e. The Bertz CT molecular complexity index is 259. The summed E-state index contributed by atoms with van der Waals surface area (Å²) >= 11 is 0. The predicted octanol–water partition coefficient (Wildman–Crippen LogP) is 1.51. The van der Waals surface area contributed by atoms with Gasteiger partial charge in [0.25, 0.3) is 0 Å². The summed E-state index contributed by atoms with van der Waals surface area (Å²) in [5, 5.41) is 9.30. The van der Waals surface area contributed by atoms with Crippen molar-refractivity contribution in [3.8, 4) is 0 Å². The molecular formula is C14H28N2O2. The van der Waals surface area contributed by atoms with E-state index in [-0.39, 0.29) is 17.4 Å². The lowest BCUT2D eigenvalue weighted by atomic mass is 9.79. The van der Waals surface area contributed by atoms with Crippen molar-refractivity contribution in [3.63, 3.8) is 0 Å². The van der Waals surface area contributed by atoms with Crippen LogP contribution in [-0.2, 0) is 4.79 Å². The third-order valence-electron chi connectivity index (χ3n) is 4.13. The zero-order valence-electron chi connectivity index (χ0n) is 11.8. The second-order valence-corrected chi connectivity index (χ2v) is 5.76. The summed E-state index contributed by atoms with van der Waals surface area (Å²) in [6.07, 6.45) is 6.74. The fraction of sp³-hybridized carbons (Fsp3) is 0.929. The van der Waals surface area contributed by atoms with Crippen LogP contribution < -0.4 is 5.73 Å². The number of aliphatic hydroxyl groups excluding tert-OH is 1. The average molecular weight is 256 g/mol. The Kier molecular flexibility index (Phi) is 6.09. The predicted molar refractivity (Wildman–Crippen MR) is 73.1 cm³/mol. The lowest BCUT2D eigenvalue weighted by Crippen LogP contribution is -2.47. The van der Waals surface area contributed by atoms with Gasteiger partial charge in [-0.1, -0.05) is 25.7 Å². The zero-order valence-corrected chi connectivity index (χ0v) is 11.8. The number of amides is 1. The van der Waals surface area contributed by atoms with Crippen LogP contribution in [0.5, 0.6) is 0 Å². The normalized spacial score (nSPS) is 21.1. The van der Waals surface area contributed by atoms with E-state index < -0.39 is 0 Å². The van der Waals surface area contributed by atoms with E-state index in [0.29, 0.717) is 19.5 Å². The third-order valence-corrected chi connectivity index (χ3v) is 4.13. The minimum absolute atomic E-state index is 0.174. The van der Waals surface area contributed by atoms with E-state index in [9.17, 15) is 9.90 Å². The molecular weight excluding hydrogens is 228 g/mol. The average Bonchev–Trinajstić information content (AvgIpc) is 2.61. The van der Waals surface area contributed by atoms with Crippen molar-refractivity contribution in [1.29, 1.82) is 0 Å². The number of carbonyl (C=O) groups excluding carboxylic acids is 1. The summed E-state index contributed by atoms with van der Waals surface area (Å²) in [6.45, 7) is 2.81. The van der Waals surface area contributed by atoms with Crippen LogP contribution in [-0.4, -0.2) is 42.2 Å². The Hall–Kier alpha value is -0.610. The summed E-state index contributed by atoms with van der Waals surface area (Å²) < 4.78 is 0. The molecule has 0 heterocycles. The number of hydrogen-bond donors (Lipinski definition) is 2. The van der Waals surface area contributed by atoms with Crippen molar-refractivity contribution in [2.75, 3.05) is 20.1 Å². The quantitative estimate of drug-likeness (QED) is 0.733. The molecule has 0 spiro atoms. The van der Waals surface area contributed by atoms with Gasteiger partial charge in [0.15, 0.2) is 0 Å². The molecule has 1 saturated carbocycles. The molecule has 3 N–H and O–H groups in total. The molecule has 0 aromatic carbocycles. The second-order valence-electron chi connectivity index (χ2n) is 5.76. The van der Waals surface area contributed by atoms with Gasteiger partial charge in [0.2, 0.25) is 5.91 Å². The van der Waals surface area contributed by atoms with Crippen LogP contribution in [0.4, 0.5) is 0 Å². The lowest BCUT2D eigenvalue weighted by Gasteiger charge is -2.34. The molecule has 18 heavy (non-hydrogen) atoms. The van der Waals surface area contributed by atoms with Crippen LogP contribution in [0.15, 0.2) is 0 Å². The largest absolute Gasteiger partial charge is 0.393 e. The smallest absolute Gasteiger partial charge is 0.229 e. The molecule has 0 aromatic heterocycles. The Labute approximate surface area is 111 Å². The van der Waals surface area contributed by atoms with E-state index in [1.54, 1.807) is 11.8 Å². The summed E-state index contributed by atoms with van der Waals surface area (Å²) in [5.74, 6) is 0.174. The molecule has 0 bridgehead atoms. The van der Waals surface area contributed by atoms with Crippen LogP contribution in [0.1, 0.15) is 51.9 Å². The van der Waals surface area contributed by atoms with E-state index in [0.717, 1.165) is 25.7 Å². The molecule has 0 radical (unpaired) electrons. The minimum atomic E-state index is -0.358. The van der Waals surface area contributed by atoms with E-state index in [1.165, 1.54) is 12.8 Å².